The van der Waals surface area contributed by atoms with Crippen LogP contribution in [0.15, 0.2) is 49.0 Å². The largest absolute Gasteiger partial charge is 0.481 e. The number of carboxylic acid groups (broad SMARTS) is 1. The van der Waals surface area contributed by atoms with Crippen LogP contribution in [-0.2, 0) is 11.2 Å². The highest BCUT2D eigenvalue weighted by Crippen LogP contribution is 2.24. The zero-order chi connectivity index (χ0) is 16.1. The lowest BCUT2D eigenvalue weighted by Gasteiger charge is -2.13. The topological polar surface area (TPSA) is 113 Å². The zero-order valence-corrected chi connectivity index (χ0v) is 12.0. The van der Waals surface area contributed by atoms with Gasteiger partial charge in [0.15, 0.2) is 0 Å². The fraction of sp³-hybridized carbons (Fsp3) is 0.0625. The van der Waals surface area contributed by atoms with Crippen LogP contribution in [0.25, 0.3) is 5.70 Å². The Morgan fingerprint density at radius 1 is 1.23 bits per heavy atom. The Hall–Kier alpha value is -2.99. The zero-order valence-electron chi connectivity index (χ0n) is 12.0. The number of rotatable bonds is 6. The van der Waals surface area contributed by atoms with Gasteiger partial charge in [0.2, 0.25) is 0 Å². The minimum atomic E-state index is -0.867. The number of nitrogen functional groups attached to an aromatic ring is 2. The molecule has 6 heteroatoms. The minimum Gasteiger partial charge on any atom is -0.481 e. The van der Waals surface area contributed by atoms with E-state index in [-0.39, 0.29) is 6.42 Å². The van der Waals surface area contributed by atoms with E-state index >= 15 is 0 Å². The van der Waals surface area contributed by atoms with Crippen molar-refractivity contribution >= 4 is 28.7 Å². The highest BCUT2D eigenvalue weighted by molar-refractivity contribution is 5.80. The predicted octanol–water partition coefficient (Wildman–Crippen LogP) is 2.26. The summed E-state index contributed by atoms with van der Waals surface area (Å²) in [5.41, 5.74) is 12.5. The van der Waals surface area contributed by atoms with E-state index in [2.05, 4.69) is 17.3 Å². The van der Waals surface area contributed by atoms with Gasteiger partial charge in [0, 0.05) is 11.4 Å². The van der Waals surface area contributed by atoms with Crippen LogP contribution in [0.1, 0.15) is 11.1 Å². The third-order valence-electron chi connectivity index (χ3n) is 3.13. The summed E-state index contributed by atoms with van der Waals surface area (Å²) in [4.78, 5) is 10.8. The monoisotopic (exact) mass is 298 g/mol. The van der Waals surface area contributed by atoms with Gasteiger partial charge >= 0.3 is 5.97 Å². The molecule has 22 heavy (non-hydrogen) atoms. The molecule has 2 aromatic rings. The Morgan fingerprint density at radius 3 is 2.64 bits per heavy atom. The number of nitrogens with two attached hydrogens (primary N) is 2. The first-order valence-electron chi connectivity index (χ1n) is 6.63. The lowest BCUT2D eigenvalue weighted by atomic mass is 10.1. The van der Waals surface area contributed by atoms with E-state index in [4.69, 9.17) is 16.7 Å². The number of hydrazine groups is 1. The van der Waals surface area contributed by atoms with Crippen molar-refractivity contribution in [1.82, 2.24) is 0 Å². The molecule has 2 rings (SSSR count). The van der Waals surface area contributed by atoms with Gasteiger partial charge in [0.05, 0.1) is 17.8 Å². The summed E-state index contributed by atoms with van der Waals surface area (Å²) in [7, 11) is 0. The first-order valence-corrected chi connectivity index (χ1v) is 6.63. The second kappa shape index (κ2) is 6.64. The summed E-state index contributed by atoms with van der Waals surface area (Å²) in [5, 5.41) is 12.0. The fourth-order valence-electron chi connectivity index (χ4n) is 2.06. The molecule has 0 aliphatic carbocycles. The highest BCUT2D eigenvalue weighted by Gasteiger charge is 2.05. The summed E-state index contributed by atoms with van der Waals surface area (Å²) in [6.45, 7) is 3.97. The molecule has 2 aromatic carbocycles. The smallest absolute Gasteiger partial charge is 0.307 e. The lowest BCUT2D eigenvalue weighted by molar-refractivity contribution is -0.136. The Kier molecular flexibility index (Phi) is 4.65. The summed E-state index contributed by atoms with van der Waals surface area (Å²) < 4.78 is 0. The van der Waals surface area contributed by atoms with Gasteiger partial charge in [0.25, 0.3) is 0 Å². The van der Waals surface area contributed by atoms with Crippen molar-refractivity contribution in [3.63, 3.8) is 0 Å². The van der Waals surface area contributed by atoms with Crippen molar-refractivity contribution in [1.29, 1.82) is 0 Å². The van der Waals surface area contributed by atoms with Crippen LogP contribution in [0, 0.1) is 0 Å². The number of hydrogen-bond donors (Lipinski definition) is 5. The molecule has 0 atom stereocenters. The van der Waals surface area contributed by atoms with Crippen molar-refractivity contribution in [2.24, 2.45) is 5.84 Å². The van der Waals surface area contributed by atoms with Crippen molar-refractivity contribution in [2.45, 2.75) is 6.42 Å². The maximum atomic E-state index is 10.8. The molecule has 7 N–H and O–H groups in total. The average molecular weight is 298 g/mol. The van der Waals surface area contributed by atoms with E-state index in [1.807, 2.05) is 12.1 Å². The molecule has 0 saturated carbocycles. The SMILES string of the molecule is C=C(Nc1cccc(CC(=O)O)c1)c1ccc(NN)c(N)c1. The number of anilines is 3. The molecule has 0 spiro atoms. The van der Waals surface area contributed by atoms with Gasteiger partial charge in [0.1, 0.15) is 0 Å². The molecular weight excluding hydrogens is 280 g/mol. The van der Waals surface area contributed by atoms with Crippen molar-refractivity contribution in [3.05, 3.63) is 60.2 Å². The van der Waals surface area contributed by atoms with Gasteiger partial charge in [-0.3, -0.25) is 10.6 Å². The third-order valence-corrected chi connectivity index (χ3v) is 3.13. The molecule has 0 aromatic heterocycles. The predicted molar refractivity (Wildman–Crippen MR) is 89.1 cm³/mol. The van der Waals surface area contributed by atoms with E-state index in [1.54, 1.807) is 30.3 Å². The van der Waals surface area contributed by atoms with Crippen LogP contribution in [0.3, 0.4) is 0 Å². The molecule has 0 saturated heterocycles. The third kappa shape index (κ3) is 3.77. The molecule has 0 bridgehead atoms. The molecule has 0 fully saturated rings. The average Bonchev–Trinajstić information content (AvgIpc) is 2.46. The van der Waals surface area contributed by atoms with E-state index in [9.17, 15) is 4.79 Å². The van der Waals surface area contributed by atoms with Crippen LogP contribution in [-0.4, -0.2) is 11.1 Å². The lowest BCUT2D eigenvalue weighted by Crippen LogP contribution is -2.09. The molecule has 0 unspecified atom stereocenters. The van der Waals surface area contributed by atoms with Gasteiger partial charge in [-0.15, -0.1) is 0 Å². The fourth-order valence-corrected chi connectivity index (χ4v) is 2.06. The van der Waals surface area contributed by atoms with Crippen molar-refractivity contribution in [3.8, 4) is 0 Å². The molecule has 0 heterocycles. The van der Waals surface area contributed by atoms with Crippen LogP contribution in [0.2, 0.25) is 0 Å². The Labute approximate surface area is 128 Å². The number of nitrogens with one attached hydrogen (secondary N) is 2. The van der Waals surface area contributed by atoms with Gasteiger partial charge in [-0.05, 0) is 35.4 Å². The van der Waals surface area contributed by atoms with Crippen LogP contribution in [0.5, 0.6) is 0 Å². The molecule has 0 radical (unpaired) electrons. The maximum absolute atomic E-state index is 10.8. The van der Waals surface area contributed by atoms with Crippen LogP contribution >= 0.6 is 0 Å². The van der Waals surface area contributed by atoms with E-state index < -0.39 is 5.97 Å². The molecule has 0 aliphatic rings. The maximum Gasteiger partial charge on any atom is 0.307 e. The second-order valence-electron chi connectivity index (χ2n) is 4.82. The van der Waals surface area contributed by atoms with E-state index in [0.29, 0.717) is 22.6 Å². The standard InChI is InChI=1S/C16H18N4O2/c1-10(12-5-6-15(20-18)14(17)9-12)19-13-4-2-3-11(7-13)8-16(21)22/h2-7,9,19-20H,1,8,17-18H2,(H,21,22). The summed E-state index contributed by atoms with van der Waals surface area (Å²) in [5.74, 6) is 4.47. The molecule has 6 nitrogen and oxygen atoms in total. The Bertz CT molecular complexity index is 713. The number of benzene rings is 2. The number of carboxylic acids is 1. The first-order chi connectivity index (χ1) is 10.5. The highest BCUT2D eigenvalue weighted by atomic mass is 16.4. The first kappa shape index (κ1) is 15.4. The van der Waals surface area contributed by atoms with Gasteiger partial charge in [-0.1, -0.05) is 24.8 Å². The van der Waals surface area contributed by atoms with Crippen molar-refractivity contribution in [2.75, 3.05) is 16.5 Å². The van der Waals surface area contributed by atoms with E-state index in [0.717, 1.165) is 11.3 Å². The minimum absolute atomic E-state index is 0.0220. The van der Waals surface area contributed by atoms with Crippen LogP contribution in [0.4, 0.5) is 17.1 Å². The van der Waals surface area contributed by atoms with E-state index in [1.165, 1.54) is 0 Å². The quantitative estimate of drug-likeness (QED) is 0.317. The summed E-state index contributed by atoms with van der Waals surface area (Å²) in [6, 6.07) is 12.5. The Morgan fingerprint density at radius 2 is 2.00 bits per heavy atom. The van der Waals surface area contributed by atoms with Gasteiger partial charge in [-0.2, -0.15) is 0 Å². The second-order valence-corrected chi connectivity index (χ2v) is 4.82. The molecular formula is C16H18N4O2. The van der Waals surface area contributed by atoms with Crippen molar-refractivity contribution < 1.29 is 9.90 Å². The Balaban J connectivity index is 2.15. The number of hydrogen-bond acceptors (Lipinski definition) is 5. The summed E-state index contributed by atoms with van der Waals surface area (Å²) in [6.07, 6.45) is -0.0220. The van der Waals surface area contributed by atoms with Gasteiger partial charge < -0.3 is 21.6 Å². The number of aliphatic carboxylic acids is 1. The molecule has 0 amide bonds. The number of carbonyl (C=O) groups is 1. The van der Waals surface area contributed by atoms with Gasteiger partial charge in [-0.25, -0.2) is 0 Å². The van der Waals surface area contributed by atoms with Crippen LogP contribution < -0.4 is 22.3 Å². The molecule has 0 aliphatic heterocycles. The summed E-state index contributed by atoms with van der Waals surface area (Å²) >= 11 is 0. The normalized spacial score (nSPS) is 10.0. The molecule has 114 valence electrons.